The van der Waals surface area contributed by atoms with Crippen LogP contribution < -0.4 is 4.90 Å². The number of aryl methyl sites for hydroxylation is 2. The van der Waals surface area contributed by atoms with Gasteiger partial charge in [0, 0.05) is 44.0 Å². The molecule has 0 radical (unpaired) electrons. The number of rotatable bonds is 4. The molecule has 0 spiro atoms. The molecule has 132 valence electrons. The van der Waals surface area contributed by atoms with Crippen LogP contribution in [0, 0.1) is 17.0 Å². The van der Waals surface area contributed by atoms with Crippen LogP contribution in [0.3, 0.4) is 0 Å². The summed E-state index contributed by atoms with van der Waals surface area (Å²) in [7, 11) is 0. The van der Waals surface area contributed by atoms with Crippen molar-refractivity contribution in [3.63, 3.8) is 0 Å². The highest BCUT2D eigenvalue weighted by Gasteiger charge is 2.27. The number of carbonyl (C=O) groups is 1. The first-order chi connectivity index (χ1) is 12.0. The van der Waals surface area contributed by atoms with Gasteiger partial charge in [-0.05, 0) is 25.5 Å². The molecule has 0 bridgehead atoms. The molecule has 0 unspecified atom stereocenters. The lowest BCUT2D eigenvalue weighted by Gasteiger charge is -2.36. The van der Waals surface area contributed by atoms with E-state index in [9.17, 15) is 14.9 Å². The number of nitro groups is 1. The molecule has 8 nitrogen and oxygen atoms in total. The van der Waals surface area contributed by atoms with Gasteiger partial charge >= 0.3 is 0 Å². The van der Waals surface area contributed by atoms with E-state index in [4.69, 9.17) is 4.52 Å². The zero-order valence-electron chi connectivity index (χ0n) is 14.3. The van der Waals surface area contributed by atoms with E-state index in [0.29, 0.717) is 49.6 Å². The Morgan fingerprint density at radius 1 is 1.24 bits per heavy atom. The summed E-state index contributed by atoms with van der Waals surface area (Å²) in [6.07, 6.45) is 0.654. The van der Waals surface area contributed by atoms with Gasteiger partial charge in [-0.2, -0.15) is 0 Å². The lowest BCUT2D eigenvalue weighted by Crippen LogP contribution is -2.49. The van der Waals surface area contributed by atoms with Crippen molar-refractivity contribution in [3.05, 3.63) is 51.4 Å². The number of anilines is 1. The molecule has 2 aromatic rings. The first kappa shape index (κ1) is 16.9. The molecule has 0 N–H and O–H groups in total. The number of hydrogen-bond donors (Lipinski definition) is 0. The molecule has 1 fully saturated rings. The quantitative estimate of drug-likeness (QED) is 0.625. The lowest BCUT2D eigenvalue weighted by molar-refractivity contribution is -0.384. The summed E-state index contributed by atoms with van der Waals surface area (Å²) in [5.74, 6) is 0.513. The molecule has 1 saturated heterocycles. The first-order valence-electron chi connectivity index (χ1n) is 8.25. The zero-order valence-corrected chi connectivity index (χ0v) is 14.3. The van der Waals surface area contributed by atoms with E-state index >= 15 is 0 Å². The van der Waals surface area contributed by atoms with Crippen LogP contribution >= 0.6 is 0 Å². The van der Waals surface area contributed by atoms with Gasteiger partial charge in [-0.1, -0.05) is 12.1 Å². The summed E-state index contributed by atoms with van der Waals surface area (Å²) in [4.78, 5) is 27.0. The van der Waals surface area contributed by atoms with Gasteiger partial charge in [-0.25, -0.2) is 0 Å². The minimum Gasteiger partial charge on any atom is -0.368 e. The van der Waals surface area contributed by atoms with Crippen LogP contribution in [0.25, 0.3) is 0 Å². The van der Waals surface area contributed by atoms with E-state index in [-0.39, 0.29) is 11.6 Å². The molecule has 1 aliphatic rings. The fourth-order valence-electron chi connectivity index (χ4n) is 3.04. The number of benzene rings is 1. The van der Waals surface area contributed by atoms with Crippen LogP contribution in [0.1, 0.15) is 28.7 Å². The summed E-state index contributed by atoms with van der Waals surface area (Å²) in [5.41, 5.74) is 2.27. The predicted molar refractivity (Wildman–Crippen MR) is 91.8 cm³/mol. The molecule has 1 aromatic heterocycles. The predicted octanol–water partition coefficient (Wildman–Crippen LogP) is 2.42. The van der Waals surface area contributed by atoms with E-state index in [1.807, 2.05) is 6.92 Å². The van der Waals surface area contributed by atoms with Gasteiger partial charge in [-0.3, -0.25) is 14.9 Å². The number of carbonyl (C=O) groups excluding carboxylic acids is 1. The number of aromatic nitrogens is 1. The first-order valence-corrected chi connectivity index (χ1v) is 8.25. The number of hydrogen-bond acceptors (Lipinski definition) is 6. The third-order valence-corrected chi connectivity index (χ3v) is 4.47. The van der Waals surface area contributed by atoms with Gasteiger partial charge in [0.1, 0.15) is 11.3 Å². The maximum atomic E-state index is 12.8. The third-order valence-electron chi connectivity index (χ3n) is 4.47. The van der Waals surface area contributed by atoms with Gasteiger partial charge in [0.05, 0.1) is 10.6 Å². The Bertz CT molecular complexity index is 776. The van der Waals surface area contributed by atoms with Crippen molar-refractivity contribution in [1.82, 2.24) is 10.1 Å². The van der Waals surface area contributed by atoms with Gasteiger partial charge in [0.25, 0.3) is 11.6 Å². The molecule has 2 heterocycles. The highest BCUT2D eigenvalue weighted by atomic mass is 16.6. The van der Waals surface area contributed by atoms with Crippen molar-refractivity contribution in [1.29, 1.82) is 0 Å². The largest absolute Gasteiger partial charge is 0.368 e. The Morgan fingerprint density at radius 2 is 1.88 bits per heavy atom. The molecular weight excluding hydrogens is 324 g/mol. The van der Waals surface area contributed by atoms with Crippen LogP contribution in [0.4, 0.5) is 11.4 Å². The number of non-ortho nitro benzene ring substituents is 1. The molecule has 1 aromatic carbocycles. The molecular formula is C17H20N4O4. The van der Waals surface area contributed by atoms with Gasteiger partial charge in [0.15, 0.2) is 0 Å². The minimum absolute atomic E-state index is 0.0426. The number of nitro benzene ring substituents is 1. The smallest absolute Gasteiger partial charge is 0.269 e. The average Bonchev–Trinajstić information content (AvgIpc) is 3.02. The normalized spacial score (nSPS) is 14.6. The van der Waals surface area contributed by atoms with Crippen LogP contribution in [0.5, 0.6) is 0 Å². The van der Waals surface area contributed by atoms with Gasteiger partial charge in [0.2, 0.25) is 0 Å². The Balaban J connectivity index is 1.66. The zero-order chi connectivity index (χ0) is 18.0. The number of amides is 1. The molecule has 0 atom stereocenters. The van der Waals surface area contributed by atoms with E-state index in [0.717, 1.165) is 5.69 Å². The average molecular weight is 344 g/mol. The van der Waals surface area contributed by atoms with Crippen molar-refractivity contribution in [2.24, 2.45) is 0 Å². The maximum absolute atomic E-state index is 12.8. The summed E-state index contributed by atoms with van der Waals surface area (Å²) in [6.45, 7) is 6.23. The van der Waals surface area contributed by atoms with Gasteiger partial charge in [-0.15, -0.1) is 0 Å². The van der Waals surface area contributed by atoms with Crippen molar-refractivity contribution < 1.29 is 14.2 Å². The molecule has 8 heteroatoms. The topological polar surface area (TPSA) is 92.7 Å². The van der Waals surface area contributed by atoms with Crippen LogP contribution in [0.15, 0.2) is 28.8 Å². The lowest BCUT2D eigenvalue weighted by atomic mass is 10.1. The Labute approximate surface area is 145 Å². The van der Waals surface area contributed by atoms with Gasteiger partial charge < -0.3 is 14.3 Å². The SMILES string of the molecule is CCc1noc(C)c1C(=O)N1CCN(c2ccc([N+](=O)[O-])cc2)CC1. The summed E-state index contributed by atoms with van der Waals surface area (Å²) < 4.78 is 5.16. The molecule has 25 heavy (non-hydrogen) atoms. The van der Waals surface area contributed by atoms with Crippen LogP contribution in [0.2, 0.25) is 0 Å². The monoisotopic (exact) mass is 344 g/mol. The fraction of sp³-hybridized carbons (Fsp3) is 0.412. The molecule has 3 rings (SSSR count). The van der Waals surface area contributed by atoms with Crippen molar-refractivity contribution in [2.75, 3.05) is 31.1 Å². The van der Waals surface area contributed by atoms with Crippen molar-refractivity contribution in [2.45, 2.75) is 20.3 Å². The van der Waals surface area contributed by atoms with Crippen molar-refractivity contribution in [3.8, 4) is 0 Å². The molecule has 0 saturated carbocycles. The van der Waals surface area contributed by atoms with E-state index < -0.39 is 4.92 Å². The number of piperazine rings is 1. The van der Waals surface area contributed by atoms with Crippen LogP contribution in [-0.4, -0.2) is 47.1 Å². The Hall–Kier alpha value is -2.90. The summed E-state index contributed by atoms with van der Waals surface area (Å²) in [6, 6.07) is 6.49. The van der Waals surface area contributed by atoms with E-state index in [1.54, 1.807) is 24.0 Å². The highest BCUT2D eigenvalue weighted by molar-refractivity contribution is 5.96. The Kier molecular flexibility index (Phi) is 4.69. The fourth-order valence-corrected chi connectivity index (χ4v) is 3.04. The standard InChI is InChI=1S/C17H20N4O4/c1-3-15-16(12(2)25-18-15)17(22)20-10-8-19(9-11-20)13-4-6-14(7-5-13)21(23)24/h4-7H,3,8-11H2,1-2H3. The van der Waals surface area contributed by atoms with Crippen LogP contribution in [-0.2, 0) is 6.42 Å². The second-order valence-electron chi connectivity index (χ2n) is 5.97. The maximum Gasteiger partial charge on any atom is 0.269 e. The third kappa shape index (κ3) is 3.33. The van der Waals surface area contributed by atoms with E-state index in [2.05, 4.69) is 10.1 Å². The Morgan fingerprint density at radius 3 is 2.44 bits per heavy atom. The summed E-state index contributed by atoms with van der Waals surface area (Å²) in [5, 5.41) is 14.7. The second kappa shape index (κ2) is 6.92. The highest BCUT2D eigenvalue weighted by Crippen LogP contribution is 2.22. The van der Waals surface area contributed by atoms with Crippen molar-refractivity contribution >= 4 is 17.3 Å². The molecule has 0 aliphatic carbocycles. The summed E-state index contributed by atoms with van der Waals surface area (Å²) >= 11 is 0. The molecule has 1 aliphatic heterocycles. The van der Waals surface area contributed by atoms with E-state index in [1.165, 1.54) is 12.1 Å². The second-order valence-corrected chi connectivity index (χ2v) is 5.97. The number of nitrogens with zero attached hydrogens (tertiary/aromatic N) is 4. The molecule has 1 amide bonds. The minimum atomic E-state index is -0.410.